The summed E-state index contributed by atoms with van der Waals surface area (Å²) in [5.41, 5.74) is 0.421. The Balaban J connectivity index is 3.17. The van der Waals surface area contributed by atoms with Crippen molar-refractivity contribution in [3.8, 4) is 5.75 Å². The van der Waals surface area contributed by atoms with E-state index in [1.54, 1.807) is 13.0 Å². The van der Waals surface area contributed by atoms with Crippen LogP contribution in [-0.4, -0.2) is 19.2 Å². The fourth-order valence-corrected chi connectivity index (χ4v) is 2.55. The minimum absolute atomic E-state index is 0.342. The molecule has 1 aromatic carbocycles. The largest absolute Gasteiger partial charge is 0.492 e. The van der Waals surface area contributed by atoms with Crippen LogP contribution in [0.15, 0.2) is 21.1 Å². The molecular formula is C11H12Br2O3. The molecule has 3 nitrogen and oxygen atoms in total. The molecule has 88 valence electrons. The summed E-state index contributed by atoms with van der Waals surface area (Å²) in [6, 6.07) is 3.52. The molecule has 0 aliphatic heterocycles. The molecule has 0 aliphatic rings. The van der Waals surface area contributed by atoms with Crippen LogP contribution in [0.2, 0.25) is 0 Å². The first kappa shape index (κ1) is 13.5. The Morgan fingerprint density at radius 1 is 1.25 bits per heavy atom. The van der Waals surface area contributed by atoms with Crippen molar-refractivity contribution in [3.05, 3.63) is 26.6 Å². The van der Waals surface area contributed by atoms with Gasteiger partial charge in [0.05, 0.1) is 17.7 Å². The molecule has 0 unspecified atom stereocenters. The standard InChI is InChI=1S/C11H12Br2O3/c1-3-15-10-8(11(14)16-4-2)5-7(12)6-9(10)13/h5-6H,3-4H2,1-2H3. The lowest BCUT2D eigenvalue weighted by atomic mass is 10.2. The summed E-state index contributed by atoms with van der Waals surface area (Å²) in [5.74, 6) is 0.136. The molecule has 0 heterocycles. The maximum absolute atomic E-state index is 11.7. The number of halogens is 2. The average molecular weight is 352 g/mol. The van der Waals surface area contributed by atoms with Crippen LogP contribution in [0.4, 0.5) is 0 Å². The van der Waals surface area contributed by atoms with Crippen LogP contribution in [0, 0.1) is 0 Å². The Kier molecular flexibility index (Phi) is 5.28. The smallest absolute Gasteiger partial charge is 0.341 e. The zero-order valence-electron chi connectivity index (χ0n) is 9.05. The highest BCUT2D eigenvalue weighted by Gasteiger charge is 2.17. The van der Waals surface area contributed by atoms with Gasteiger partial charge in [-0.15, -0.1) is 0 Å². The van der Waals surface area contributed by atoms with Crippen LogP contribution < -0.4 is 4.74 Å². The molecule has 1 rings (SSSR count). The van der Waals surface area contributed by atoms with E-state index >= 15 is 0 Å². The van der Waals surface area contributed by atoms with Crippen molar-refractivity contribution >= 4 is 37.8 Å². The highest BCUT2D eigenvalue weighted by atomic mass is 79.9. The number of rotatable bonds is 4. The molecule has 5 heteroatoms. The molecular weight excluding hydrogens is 340 g/mol. The first-order valence-corrected chi connectivity index (χ1v) is 6.47. The van der Waals surface area contributed by atoms with Crippen LogP contribution >= 0.6 is 31.9 Å². The van der Waals surface area contributed by atoms with E-state index in [1.807, 2.05) is 13.0 Å². The molecule has 0 atom stereocenters. The molecule has 16 heavy (non-hydrogen) atoms. The topological polar surface area (TPSA) is 35.5 Å². The van der Waals surface area contributed by atoms with Crippen molar-refractivity contribution in [2.24, 2.45) is 0 Å². The van der Waals surface area contributed by atoms with Gasteiger partial charge in [0.1, 0.15) is 11.3 Å². The minimum Gasteiger partial charge on any atom is -0.492 e. The van der Waals surface area contributed by atoms with Gasteiger partial charge in [0.2, 0.25) is 0 Å². The SMILES string of the molecule is CCOC(=O)c1cc(Br)cc(Br)c1OCC. The van der Waals surface area contributed by atoms with Gasteiger partial charge in [-0.25, -0.2) is 4.79 Å². The minimum atomic E-state index is -0.382. The monoisotopic (exact) mass is 350 g/mol. The van der Waals surface area contributed by atoms with Crippen LogP contribution in [0.3, 0.4) is 0 Å². The number of ether oxygens (including phenoxy) is 2. The van der Waals surface area contributed by atoms with E-state index in [4.69, 9.17) is 9.47 Å². The van der Waals surface area contributed by atoms with Gasteiger partial charge in [0, 0.05) is 4.47 Å². The lowest BCUT2D eigenvalue weighted by molar-refractivity contribution is 0.0521. The van der Waals surface area contributed by atoms with E-state index in [2.05, 4.69) is 31.9 Å². The fraction of sp³-hybridized carbons (Fsp3) is 0.364. The zero-order chi connectivity index (χ0) is 12.1. The molecule has 0 amide bonds. The van der Waals surface area contributed by atoms with Crippen molar-refractivity contribution in [2.75, 3.05) is 13.2 Å². The van der Waals surface area contributed by atoms with E-state index in [1.165, 1.54) is 0 Å². The lowest BCUT2D eigenvalue weighted by Gasteiger charge is -2.11. The first-order valence-electron chi connectivity index (χ1n) is 4.89. The number of benzene rings is 1. The van der Waals surface area contributed by atoms with Gasteiger partial charge in [-0.1, -0.05) is 15.9 Å². The molecule has 0 aromatic heterocycles. The molecule has 0 saturated heterocycles. The van der Waals surface area contributed by atoms with E-state index in [0.29, 0.717) is 24.5 Å². The fourth-order valence-electron chi connectivity index (χ4n) is 1.21. The maximum Gasteiger partial charge on any atom is 0.341 e. The zero-order valence-corrected chi connectivity index (χ0v) is 12.2. The van der Waals surface area contributed by atoms with E-state index < -0.39 is 0 Å². The van der Waals surface area contributed by atoms with Crippen molar-refractivity contribution in [3.63, 3.8) is 0 Å². The first-order chi connectivity index (χ1) is 7.60. The van der Waals surface area contributed by atoms with E-state index in [-0.39, 0.29) is 5.97 Å². The van der Waals surface area contributed by atoms with Gasteiger partial charge in [-0.3, -0.25) is 0 Å². The summed E-state index contributed by atoms with van der Waals surface area (Å²) in [6.07, 6.45) is 0. The number of hydrogen-bond acceptors (Lipinski definition) is 3. The van der Waals surface area contributed by atoms with Crippen LogP contribution in [0.25, 0.3) is 0 Å². The molecule has 1 aromatic rings. The van der Waals surface area contributed by atoms with Gasteiger partial charge >= 0.3 is 5.97 Å². The predicted molar refractivity (Wildman–Crippen MR) is 69.0 cm³/mol. The van der Waals surface area contributed by atoms with Gasteiger partial charge in [0.25, 0.3) is 0 Å². The predicted octanol–water partition coefficient (Wildman–Crippen LogP) is 3.79. The van der Waals surface area contributed by atoms with E-state index in [0.717, 1.165) is 8.95 Å². The van der Waals surface area contributed by atoms with Crippen LogP contribution in [0.1, 0.15) is 24.2 Å². The third-order valence-corrected chi connectivity index (χ3v) is 2.84. The average Bonchev–Trinajstić information content (AvgIpc) is 2.22. The summed E-state index contributed by atoms with van der Waals surface area (Å²) >= 11 is 6.68. The summed E-state index contributed by atoms with van der Waals surface area (Å²) in [4.78, 5) is 11.7. The van der Waals surface area contributed by atoms with Crippen LogP contribution in [0.5, 0.6) is 5.75 Å². The van der Waals surface area contributed by atoms with Crippen molar-refractivity contribution in [1.82, 2.24) is 0 Å². The maximum atomic E-state index is 11.7. The van der Waals surface area contributed by atoms with Gasteiger partial charge in [0.15, 0.2) is 0 Å². The number of carbonyl (C=O) groups excluding carboxylic acids is 1. The second-order valence-corrected chi connectivity index (χ2v) is 4.69. The van der Waals surface area contributed by atoms with Gasteiger partial charge in [-0.2, -0.15) is 0 Å². The molecule has 0 N–H and O–H groups in total. The Labute approximate surface area is 111 Å². The Hall–Kier alpha value is -0.550. The quantitative estimate of drug-likeness (QED) is 0.774. The molecule has 0 spiro atoms. The van der Waals surface area contributed by atoms with E-state index in [9.17, 15) is 4.79 Å². The van der Waals surface area contributed by atoms with Gasteiger partial charge < -0.3 is 9.47 Å². The van der Waals surface area contributed by atoms with Crippen molar-refractivity contribution < 1.29 is 14.3 Å². The lowest BCUT2D eigenvalue weighted by Crippen LogP contribution is -2.08. The Morgan fingerprint density at radius 2 is 1.94 bits per heavy atom. The van der Waals surface area contributed by atoms with Crippen molar-refractivity contribution in [1.29, 1.82) is 0 Å². The Bertz CT molecular complexity index is 391. The third-order valence-electron chi connectivity index (χ3n) is 1.79. The highest BCUT2D eigenvalue weighted by molar-refractivity contribution is 9.11. The normalized spacial score (nSPS) is 10.0. The van der Waals surface area contributed by atoms with Gasteiger partial charge in [-0.05, 0) is 41.9 Å². The highest BCUT2D eigenvalue weighted by Crippen LogP contribution is 2.33. The summed E-state index contributed by atoms with van der Waals surface area (Å²) in [6.45, 7) is 4.47. The second-order valence-electron chi connectivity index (χ2n) is 2.92. The summed E-state index contributed by atoms with van der Waals surface area (Å²) < 4.78 is 11.9. The third kappa shape index (κ3) is 3.22. The number of hydrogen-bond donors (Lipinski definition) is 0. The summed E-state index contributed by atoms with van der Waals surface area (Å²) in [7, 11) is 0. The summed E-state index contributed by atoms with van der Waals surface area (Å²) in [5, 5.41) is 0. The second kappa shape index (κ2) is 6.25. The number of carbonyl (C=O) groups is 1. The molecule has 0 bridgehead atoms. The molecule has 0 radical (unpaired) electrons. The number of esters is 1. The van der Waals surface area contributed by atoms with Crippen molar-refractivity contribution in [2.45, 2.75) is 13.8 Å². The molecule has 0 fully saturated rings. The van der Waals surface area contributed by atoms with Crippen LogP contribution in [-0.2, 0) is 4.74 Å². The molecule has 0 saturated carbocycles. The molecule has 0 aliphatic carbocycles. The Morgan fingerprint density at radius 3 is 2.50 bits per heavy atom.